The van der Waals surface area contributed by atoms with Crippen molar-refractivity contribution in [2.75, 3.05) is 26.7 Å². The maximum absolute atomic E-state index is 12.2. The molecule has 0 aliphatic carbocycles. The quantitative estimate of drug-likeness (QED) is 0.846. The van der Waals surface area contributed by atoms with Gasteiger partial charge in [0.15, 0.2) is 0 Å². The second-order valence-electron chi connectivity index (χ2n) is 6.20. The minimum atomic E-state index is -0.0541. The fraction of sp³-hybridized carbons (Fsp3) is 0.444. The van der Waals surface area contributed by atoms with Crippen molar-refractivity contribution in [3.8, 4) is 5.75 Å². The SMILES string of the molecule is COc1ccc(Cn2cc(C(=O)NCC3CCCNC3)cn2)cc1. The number of aromatic nitrogens is 2. The van der Waals surface area contributed by atoms with Crippen LogP contribution in [0.25, 0.3) is 0 Å². The molecule has 1 atom stereocenters. The Morgan fingerprint density at radius 2 is 2.25 bits per heavy atom. The minimum Gasteiger partial charge on any atom is -0.497 e. The second kappa shape index (κ2) is 7.97. The topological polar surface area (TPSA) is 68.2 Å². The summed E-state index contributed by atoms with van der Waals surface area (Å²) in [5, 5.41) is 10.7. The van der Waals surface area contributed by atoms with Crippen LogP contribution in [-0.2, 0) is 6.54 Å². The van der Waals surface area contributed by atoms with Crippen LogP contribution in [0.2, 0.25) is 0 Å². The first kappa shape index (κ1) is 16.5. The van der Waals surface area contributed by atoms with Crippen molar-refractivity contribution in [2.45, 2.75) is 19.4 Å². The third-order valence-corrected chi connectivity index (χ3v) is 4.35. The highest BCUT2D eigenvalue weighted by atomic mass is 16.5. The molecule has 6 nitrogen and oxygen atoms in total. The molecule has 0 bridgehead atoms. The van der Waals surface area contributed by atoms with E-state index in [1.54, 1.807) is 24.2 Å². The van der Waals surface area contributed by atoms with Gasteiger partial charge in [-0.15, -0.1) is 0 Å². The van der Waals surface area contributed by atoms with E-state index < -0.39 is 0 Å². The zero-order valence-electron chi connectivity index (χ0n) is 14.0. The van der Waals surface area contributed by atoms with Crippen LogP contribution in [0.5, 0.6) is 5.75 Å². The maximum atomic E-state index is 12.2. The smallest absolute Gasteiger partial charge is 0.254 e. The second-order valence-corrected chi connectivity index (χ2v) is 6.20. The first-order chi connectivity index (χ1) is 11.7. The molecule has 2 N–H and O–H groups in total. The molecule has 1 fully saturated rings. The third kappa shape index (κ3) is 4.35. The summed E-state index contributed by atoms with van der Waals surface area (Å²) in [6.07, 6.45) is 5.76. The molecule has 3 rings (SSSR count). The average Bonchev–Trinajstić information content (AvgIpc) is 3.10. The van der Waals surface area contributed by atoms with Gasteiger partial charge >= 0.3 is 0 Å². The Hall–Kier alpha value is -2.34. The number of rotatable bonds is 6. The highest BCUT2D eigenvalue weighted by Gasteiger charge is 2.15. The van der Waals surface area contributed by atoms with E-state index in [-0.39, 0.29) is 5.91 Å². The molecule has 1 aromatic carbocycles. The van der Waals surface area contributed by atoms with Gasteiger partial charge in [-0.25, -0.2) is 0 Å². The number of hydrogen-bond donors (Lipinski definition) is 2. The van der Waals surface area contributed by atoms with Crippen LogP contribution < -0.4 is 15.4 Å². The van der Waals surface area contributed by atoms with Gasteiger partial charge in [-0.05, 0) is 49.5 Å². The molecule has 0 radical (unpaired) electrons. The van der Waals surface area contributed by atoms with Gasteiger partial charge in [-0.3, -0.25) is 9.48 Å². The largest absolute Gasteiger partial charge is 0.497 e. The molecule has 1 amide bonds. The molecule has 2 heterocycles. The fourth-order valence-corrected chi connectivity index (χ4v) is 2.92. The van der Waals surface area contributed by atoms with Crippen LogP contribution in [-0.4, -0.2) is 42.4 Å². The van der Waals surface area contributed by atoms with Crippen molar-refractivity contribution < 1.29 is 9.53 Å². The third-order valence-electron chi connectivity index (χ3n) is 4.35. The lowest BCUT2D eigenvalue weighted by Crippen LogP contribution is -2.38. The predicted molar refractivity (Wildman–Crippen MR) is 92.2 cm³/mol. The molecular formula is C18H24N4O2. The summed E-state index contributed by atoms with van der Waals surface area (Å²) in [6.45, 7) is 3.42. The molecule has 24 heavy (non-hydrogen) atoms. The van der Waals surface area contributed by atoms with Crippen molar-refractivity contribution in [1.82, 2.24) is 20.4 Å². The van der Waals surface area contributed by atoms with Crippen molar-refractivity contribution in [3.05, 3.63) is 47.8 Å². The van der Waals surface area contributed by atoms with Crippen molar-refractivity contribution in [2.24, 2.45) is 5.92 Å². The Morgan fingerprint density at radius 1 is 1.42 bits per heavy atom. The first-order valence-electron chi connectivity index (χ1n) is 8.39. The summed E-state index contributed by atoms with van der Waals surface area (Å²) in [5.41, 5.74) is 1.71. The van der Waals surface area contributed by atoms with Crippen molar-refractivity contribution >= 4 is 5.91 Å². The minimum absolute atomic E-state index is 0.0541. The Kier molecular flexibility index (Phi) is 5.48. The Morgan fingerprint density at radius 3 is 2.96 bits per heavy atom. The zero-order valence-corrected chi connectivity index (χ0v) is 14.0. The summed E-state index contributed by atoms with van der Waals surface area (Å²) in [6, 6.07) is 7.84. The van der Waals surface area contributed by atoms with Crippen molar-refractivity contribution in [3.63, 3.8) is 0 Å². The van der Waals surface area contributed by atoms with E-state index >= 15 is 0 Å². The van der Waals surface area contributed by atoms with E-state index in [0.29, 0.717) is 18.0 Å². The van der Waals surface area contributed by atoms with Crippen LogP contribution in [0, 0.1) is 5.92 Å². The molecule has 6 heteroatoms. The summed E-state index contributed by atoms with van der Waals surface area (Å²) in [4.78, 5) is 12.2. The molecule has 1 aliphatic heterocycles. The van der Waals surface area contributed by atoms with Crippen LogP contribution >= 0.6 is 0 Å². The molecule has 2 aromatic rings. The molecular weight excluding hydrogens is 304 g/mol. The molecule has 0 saturated carbocycles. The van der Waals surface area contributed by atoms with E-state index in [1.165, 1.54) is 12.8 Å². The predicted octanol–water partition coefficient (Wildman–Crippen LogP) is 1.67. The summed E-state index contributed by atoms with van der Waals surface area (Å²) in [7, 11) is 1.65. The Balaban J connectivity index is 1.52. The molecule has 1 aromatic heterocycles. The van der Waals surface area contributed by atoms with Gasteiger partial charge < -0.3 is 15.4 Å². The van der Waals surface area contributed by atoms with E-state index in [1.807, 2.05) is 24.3 Å². The number of amides is 1. The molecule has 1 unspecified atom stereocenters. The van der Waals surface area contributed by atoms with E-state index in [4.69, 9.17) is 4.74 Å². The monoisotopic (exact) mass is 328 g/mol. The zero-order chi connectivity index (χ0) is 16.8. The van der Waals surface area contributed by atoms with Gasteiger partial charge in [0.05, 0.1) is 25.4 Å². The van der Waals surface area contributed by atoms with Gasteiger partial charge in [-0.1, -0.05) is 12.1 Å². The average molecular weight is 328 g/mol. The first-order valence-corrected chi connectivity index (χ1v) is 8.39. The highest BCUT2D eigenvalue weighted by Crippen LogP contribution is 2.13. The van der Waals surface area contributed by atoms with Crippen LogP contribution in [0.4, 0.5) is 0 Å². The van der Waals surface area contributed by atoms with Gasteiger partial charge in [0.1, 0.15) is 5.75 Å². The number of hydrogen-bond acceptors (Lipinski definition) is 4. The number of ether oxygens (including phenoxy) is 1. The number of nitrogens with one attached hydrogen (secondary N) is 2. The van der Waals surface area contributed by atoms with Crippen LogP contribution in [0.1, 0.15) is 28.8 Å². The number of methoxy groups -OCH3 is 1. The lowest BCUT2D eigenvalue weighted by molar-refractivity contribution is 0.0944. The molecule has 1 saturated heterocycles. The van der Waals surface area contributed by atoms with E-state index in [0.717, 1.165) is 30.9 Å². The number of carbonyl (C=O) groups is 1. The van der Waals surface area contributed by atoms with Gasteiger partial charge in [0.2, 0.25) is 0 Å². The maximum Gasteiger partial charge on any atom is 0.254 e. The number of nitrogens with zero attached hydrogens (tertiary/aromatic N) is 2. The summed E-state index contributed by atoms with van der Waals surface area (Å²) >= 11 is 0. The molecule has 0 spiro atoms. The Labute approximate surface area is 142 Å². The normalized spacial score (nSPS) is 17.5. The van der Waals surface area contributed by atoms with Crippen LogP contribution in [0.15, 0.2) is 36.7 Å². The number of carbonyl (C=O) groups excluding carboxylic acids is 1. The molecule has 128 valence electrons. The van der Waals surface area contributed by atoms with E-state index in [2.05, 4.69) is 15.7 Å². The van der Waals surface area contributed by atoms with Crippen molar-refractivity contribution in [1.29, 1.82) is 0 Å². The van der Waals surface area contributed by atoms with Gasteiger partial charge in [0.25, 0.3) is 5.91 Å². The van der Waals surface area contributed by atoms with Crippen LogP contribution in [0.3, 0.4) is 0 Å². The van der Waals surface area contributed by atoms with Gasteiger partial charge in [0, 0.05) is 12.7 Å². The highest BCUT2D eigenvalue weighted by molar-refractivity contribution is 5.93. The number of piperidine rings is 1. The number of benzene rings is 1. The summed E-state index contributed by atoms with van der Waals surface area (Å²) in [5.74, 6) is 1.30. The van der Waals surface area contributed by atoms with Gasteiger partial charge in [-0.2, -0.15) is 5.10 Å². The molecule has 1 aliphatic rings. The standard InChI is InChI=1S/C18H24N4O2/c1-24-17-6-4-14(5-7-17)12-22-13-16(11-21-22)18(23)20-10-15-3-2-8-19-9-15/h4-7,11,13,15,19H,2-3,8-10,12H2,1H3,(H,20,23). The summed E-state index contributed by atoms with van der Waals surface area (Å²) < 4.78 is 6.93. The fourth-order valence-electron chi connectivity index (χ4n) is 2.92. The Bertz CT molecular complexity index is 660. The van der Waals surface area contributed by atoms with E-state index in [9.17, 15) is 4.79 Å². The lowest BCUT2D eigenvalue weighted by Gasteiger charge is -2.22. The lowest BCUT2D eigenvalue weighted by atomic mass is 10.00.